The summed E-state index contributed by atoms with van der Waals surface area (Å²) in [6.45, 7) is 2.58. The highest BCUT2D eigenvalue weighted by Gasteiger charge is 2.33. The van der Waals surface area contributed by atoms with Crippen molar-refractivity contribution in [2.45, 2.75) is 12.5 Å². The molecule has 0 aliphatic carbocycles. The normalized spacial score (nSPS) is 23.9. The summed E-state index contributed by atoms with van der Waals surface area (Å²) in [5.74, 6) is 0.134. The molecule has 2 heterocycles. The molecule has 0 spiro atoms. The van der Waals surface area contributed by atoms with Gasteiger partial charge < -0.3 is 10.2 Å². The van der Waals surface area contributed by atoms with Crippen LogP contribution in [0.15, 0.2) is 18.2 Å². The molecule has 1 atom stereocenters. The van der Waals surface area contributed by atoms with Crippen LogP contribution in [0.4, 0.5) is 0 Å². The number of nitrogens with zero attached hydrogens (tertiary/aromatic N) is 1. The van der Waals surface area contributed by atoms with Gasteiger partial charge in [0.25, 0.3) is 5.91 Å². The van der Waals surface area contributed by atoms with Crippen molar-refractivity contribution in [3.05, 3.63) is 34.3 Å². The number of carbonyl (C=O) groups is 1. The van der Waals surface area contributed by atoms with Crippen LogP contribution in [0.3, 0.4) is 0 Å². The highest BCUT2D eigenvalue weighted by molar-refractivity contribution is 6.31. The Labute approximate surface area is 99.4 Å². The summed E-state index contributed by atoms with van der Waals surface area (Å²) >= 11 is 5.93. The van der Waals surface area contributed by atoms with E-state index >= 15 is 0 Å². The molecule has 2 aliphatic rings. The number of nitrogens with one attached hydrogen (secondary N) is 1. The maximum Gasteiger partial charge on any atom is 0.254 e. The summed E-state index contributed by atoms with van der Waals surface area (Å²) in [4.78, 5) is 14.2. The number of halogens is 1. The molecule has 1 amide bonds. The summed E-state index contributed by atoms with van der Waals surface area (Å²) in [5.41, 5.74) is 1.91. The van der Waals surface area contributed by atoms with Crippen LogP contribution in [0.25, 0.3) is 0 Å². The van der Waals surface area contributed by atoms with Gasteiger partial charge in [-0.05, 0) is 24.1 Å². The van der Waals surface area contributed by atoms with Gasteiger partial charge in [-0.1, -0.05) is 17.7 Å². The maximum absolute atomic E-state index is 12.2. The third kappa shape index (κ3) is 1.51. The van der Waals surface area contributed by atoms with E-state index in [2.05, 4.69) is 5.32 Å². The number of hydrogen-bond donors (Lipinski definition) is 1. The number of benzene rings is 1. The Balaban J connectivity index is 2.03. The van der Waals surface area contributed by atoms with E-state index in [4.69, 9.17) is 11.6 Å². The lowest BCUT2D eigenvalue weighted by molar-refractivity contribution is 0.0606. The van der Waals surface area contributed by atoms with E-state index in [1.54, 1.807) is 6.07 Å². The quantitative estimate of drug-likeness (QED) is 0.737. The van der Waals surface area contributed by atoms with Crippen molar-refractivity contribution in [1.82, 2.24) is 10.2 Å². The number of carbonyl (C=O) groups excluding carboxylic acids is 1. The fourth-order valence-corrected chi connectivity index (χ4v) is 2.72. The molecular formula is C12H13ClN2O. The van der Waals surface area contributed by atoms with Crippen LogP contribution in [0.1, 0.15) is 15.9 Å². The van der Waals surface area contributed by atoms with Crippen molar-refractivity contribution >= 4 is 17.5 Å². The van der Waals surface area contributed by atoms with Crippen molar-refractivity contribution < 1.29 is 4.79 Å². The molecule has 0 bridgehead atoms. The van der Waals surface area contributed by atoms with Crippen LogP contribution in [-0.2, 0) is 6.42 Å². The molecule has 84 valence electrons. The van der Waals surface area contributed by atoms with Gasteiger partial charge in [0.05, 0.1) is 0 Å². The minimum atomic E-state index is 0.134. The summed E-state index contributed by atoms with van der Waals surface area (Å²) in [6.07, 6.45) is 0.936. The molecule has 1 aromatic carbocycles. The van der Waals surface area contributed by atoms with Gasteiger partial charge in [0.1, 0.15) is 0 Å². The average molecular weight is 237 g/mol. The van der Waals surface area contributed by atoms with E-state index in [0.717, 1.165) is 37.2 Å². The van der Waals surface area contributed by atoms with Crippen LogP contribution in [0, 0.1) is 0 Å². The molecule has 16 heavy (non-hydrogen) atoms. The molecule has 2 aliphatic heterocycles. The van der Waals surface area contributed by atoms with Crippen LogP contribution in [0.2, 0.25) is 5.02 Å². The molecule has 0 radical (unpaired) electrons. The Bertz CT molecular complexity index is 447. The first-order chi connectivity index (χ1) is 7.75. The standard InChI is InChI=1S/C12H13ClN2O/c13-9-2-1-8-5-10-7-14-3-4-15(10)12(16)11(8)6-9/h1-2,6,10,14H,3-5,7H2. The minimum absolute atomic E-state index is 0.134. The Kier molecular flexibility index (Phi) is 2.37. The van der Waals surface area contributed by atoms with Gasteiger partial charge in [0.15, 0.2) is 0 Å². The van der Waals surface area contributed by atoms with Gasteiger partial charge in [-0.15, -0.1) is 0 Å². The van der Waals surface area contributed by atoms with E-state index in [0.29, 0.717) is 11.1 Å². The van der Waals surface area contributed by atoms with E-state index in [1.165, 1.54) is 0 Å². The summed E-state index contributed by atoms with van der Waals surface area (Å²) < 4.78 is 0. The number of hydrogen-bond acceptors (Lipinski definition) is 2. The molecular weight excluding hydrogens is 224 g/mol. The number of amides is 1. The first-order valence-electron chi connectivity index (χ1n) is 5.56. The van der Waals surface area contributed by atoms with Crippen molar-refractivity contribution in [3.8, 4) is 0 Å². The molecule has 1 saturated heterocycles. The lowest BCUT2D eigenvalue weighted by atomic mass is 9.92. The summed E-state index contributed by atoms with van der Waals surface area (Å²) in [5, 5.41) is 3.97. The van der Waals surface area contributed by atoms with Gasteiger partial charge in [0.2, 0.25) is 0 Å². The van der Waals surface area contributed by atoms with Gasteiger partial charge >= 0.3 is 0 Å². The molecule has 1 unspecified atom stereocenters. The Morgan fingerprint density at radius 2 is 2.31 bits per heavy atom. The Morgan fingerprint density at radius 3 is 3.19 bits per heavy atom. The van der Waals surface area contributed by atoms with E-state index in [9.17, 15) is 4.79 Å². The predicted octanol–water partition coefficient (Wildman–Crippen LogP) is 1.31. The smallest absolute Gasteiger partial charge is 0.254 e. The first kappa shape index (κ1) is 10.1. The number of rotatable bonds is 0. The second-order valence-electron chi connectivity index (χ2n) is 4.36. The monoisotopic (exact) mass is 236 g/mol. The van der Waals surface area contributed by atoms with Crippen molar-refractivity contribution in [1.29, 1.82) is 0 Å². The van der Waals surface area contributed by atoms with Crippen LogP contribution >= 0.6 is 11.6 Å². The second kappa shape index (κ2) is 3.75. The Morgan fingerprint density at radius 1 is 1.44 bits per heavy atom. The van der Waals surface area contributed by atoms with E-state index < -0.39 is 0 Å². The van der Waals surface area contributed by atoms with E-state index in [-0.39, 0.29) is 5.91 Å². The maximum atomic E-state index is 12.2. The van der Waals surface area contributed by atoms with Gasteiger partial charge in [-0.25, -0.2) is 0 Å². The fourth-order valence-electron chi connectivity index (χ4n) is 2.55. The van der Waals surface area contributed by atoms with E-state index in [1.807, 2.05) is 17.0 Å². The molecule has 1 fully saturated rings. The average Bonchev–Trinajstić information content (AvgIpc) is 2.31. The number of fused-ring (bicyclic) bond motifs is 2. The molecule has 3 nitrogen and oxygen atoms in total. The first-order valence-corrected chi connectivity index (χ1v) is 5.93. The minimum Gasteiger partial charge on any atom is -0.333 e. The second-order valence-corrected chi connectivity index (χ2v) is 4.80. The fraction of sp³-hybridized carbons (Fsp3) is 0.417. The lowest BCUT2D eigenvalue weighted by Gasteiger charge is -2.40. The SMILES string of the molecule is O=C1c2cc(Cl)ccc2CC2CNCCN12. The van der Waals surface area contributed by atoms with Crippen LogP contribution in [0.5, 0.6) is 0 Å². The zero-order valence-electron chi connectivity index (χ0n) is 8.87. The van der Waals surface area contributed by atoms with Gasteiger partial charge in [-0.3, -0.25) is 4.79 Å². The van der Waals surface area contributed by atoms with Crippen LogP contribution < -0.4 is 5.32 Å². The lowest BCUT2D eigenvalue weighted by Crippen LogP contribution is -2.56. The summed E-state index contributed by atoms with van der Waals surface area (Å²) in [6, 6.07) is 5.94. The van der Waals surface area contributed by atoms with Crippen molar-refractivity contribution in [2.24, 2.45) is 0 Å². The molecule has 0 saturated carbocycles. The molecule has 4 heteroatoms. The van der Waals surface area contributed by atoms with Crippen molar-refractivity contribution in [3.63, 3.8) is 0 Å². The highest BCUT2D eigenvalue weighted by atomic mass is 35.5. The van der Waals surface area contributed by atoms with Gasteiger partial charge in [0, 0.05) is 36.3 Å². The zero-order valence-corrected chi connectivity index (χ0v) is 9.63. The third-order valence-corrected chi connectivity index (χ3v) is 3.60. The topological polar surface area (TPSA) is 32.3 Å². The summed E-state index contributed by atoms with van der Waals surface area (Å²) in [7, 11) is 0. The molecule has 1 N–H and O–H groups in total. The number of piperazine rings is 1. The zero-order chi connectivity index (χ0) is 11.1. The van der Waals surface area contributed by atoms with Gasteiger partial charge in [-0.2, -0.15) is 0 Å². The third-order valence-electron chi connectivity index (χ3n) is 3.37. The molecule has 0 aromatic heterocycles. The largest absolute Gasteiger partial charge is 0.333 e. The molecule has 1 aromatic rings. The van der Waals surface area contributed by atoms with Crippen LogP contribution in [-0.4, -0.2) is 36.5 Å². The Hall–Kier alpha value is -1.06. The predicted molar refractivity (Wildman–Crippen MR) is 62.9 cm³/mol. The van der Waals surface area contributed by atoms with Crippen molar-refractivity contribution in [2.75, 3.05) is 19.6 Å². The highest BCUT2D eigenvalue weighted by Crippen LogP contribution is 2.26. The molecule has 3 rings (SSSR count).